The molecule has 7 N–H and O–H groups in total. The Bertz CT molecular complexity index is 1990. The van der Waals surface area contributed by atoms with E-state index in [1.54, 1.807) is 18.2 Å². The summed E-state index contributed by atoms with van der Waals surface area (Å²) in [6, 6.07) is 16.5. The highest BCUT2D eigenvalue weighted by Crippen LogP contribution is 2.56. The summed E-state index contributed by atoms with van der Waals surface area (Å²) < 4.78 is 12.4. The predicted molar refractivity (Wildman–Crippen MR) is 228 cm³/mol. The molecule has 3 aromatic carbocycles. The van der Waals surface area contributed by atoms with Gasteiger partial charge in [-0.05, 0) is 100.0 Å². The number of rotatable bonds is 18. The Balaban J connectivity index is 0.734. The fraction of sp³-hybridized carbons (Fsp3) is 0.465. The third-order valence-corrected chi connectivity index (χ3v) is 12.9. The molecule has 7 rings (SSSR count). The number of ether oxygens (including phenoxy) is 2. The number of carbonyl (C=O) groups excluding carboxylic acids is 4. The largest absolute Gasteiger partial charge is 0.508 e. The molecule has 13 nitrogen and oxygen atoms in total. The third-order valence-electron chi connectivity index (χ3n) is 11.1. The second-order valence-electron chi connectivity index (χ2n) is 15.4. The fourth-order valence-electron chi connectivity index (χ4n) is 8.20. The van der Waals surface area contributed by atoms with Gasteiger partial charge >= 0.3 is 12.0 Å². The molecule has 308 valence electrons. The Morgan fingerprint density at radius 3 is 2.22 bits per heavy atom. The first kappa shape index (κ1) is 41.2. The molecule has 4 amide bonds. The predicted octanol–water partition coefficient (Wildman–Crippen LogP) is 6.24. The van der Waals surface area contributed by atoms with Crippen LogP contribution in [-0.4, -0.2) is 76.8 Å². The van der Waals surface area contributed by atoms with Crippen LogP contribution in [0.5, 0.6) is 17.2 Å². The zero-order valence-corrected chi connectivity index (χ0v) is 34.4. The lowest BCUT2D eigenvalue weighted by Gasteiger charge is -2.36. The number of esters is 1. The minimum Gasteiger partial charge on any atom is -0.508 e. The van der Waals surface area contributed by atoms with E-state index in [4.69, 9.17) is 21.7 Å². The highest BCUT2D eigenvalue weighted by molar-refractivity contribution is 8.00. The number of nitrogens with one attached hydrogen (secondary N) is 6. The van der Waals surface area contributed by atoms with E-state index in [2.05, 4.69) is 31.9 Å². The molecule has 0 radical (unpaired) electrons. The molecule has 0 aliphatic carbocycles. The van der Waals surface area contributed by atoms with Crippen LogP contribution in [0.2, 0.25) is 0 Å². The molecule has 4 aliphatic rings. The summed E-state index contributed by atoms with van der Waals surface area (Å²) >= 11 is 7.44. The lowest BCUT2D eigenvalue weighted by atomic mass is 9.77. The monoisotopic (exact) mass is 828 g/mol. The average Bonchev–Trinajstić information content (AvgIpc) is 3.84. The molecule has 1 unspecified atom stereocenters. The number of thioether (sulfide) groups is 1. The zero-order chi connectivity index (χ0) is 40.6. The number of unbranched alkanes of at least 4 members (excludes halogenated alkanes) is 5. The molecule has 3 aromatic rings. The molecule has 2 fully saturated rings. The van der Waals surface area contributed by atoms with E-state index in [0.717, 1.165) is 69.1 Å². The fourth-order valence-corrected chi connectivity index (χ4v) is 9.96. The molecule has 1 spiro atoms. The molecule has 4 atom stereocenters. The van der Waals surface area contributed by atoms with E-state index < -0.39 is 11.6 Å². The van der Waals surface area contributed by atoms with Gasteiger partial charge < -0.3 is 46.5 Å². The summed E-state index contributed by atoms with van der Waals surface area (Å²) in [7, 11) is 0. The van der Waals surface area contributed by atoms with Gasteiger partial charge in [0.05, 0.1) is 17.6 Å². The molecular weight excluding hydrogens is 777 g/mol. The second-order valence-corrected chi connectivity index (χ2v) is 17.1. The minimum atomic E-state index is -1.22. The summed E-state index contributed by atoms with van der Waals surface area (Å²) in [5.74, 6) is 1.66. The van der Waals surface area contributed by atoms with Gasteiger partial charge in [-0.15, -0.1) is 0 Å². The number of phenolic OH excluding ortho intramolecular Hbond substituents is 1. The van der Waals surface area contributed by atoms with Crippen molar-refractivity contribution in [3.05, 3.63) is 82.4 Å². The molecule has 4 aliphatic heterocycles. The lowest BCUT2D eigenvalue weighted by Crippen LogP contribution is -2.36. The van der Waals surface area contributed by atoms with Crippen molar-refractivity contribution in [1.82, 2.24) is 26.6 Å². The first-order chi connectivity index (χ1) is 28.1. The maximum absolute atomic E-state index is 13.4. The van der Waals surface area contributed by atoms with Crippen molar-refractivity contribution in [3.8, 4) is 17.2 Å². The second kappa shape index (κ2) is 18.7. The van der Waals surface area contributed by atoms with Gasteiger partial charge in [-0.3, -0.25) is 9.59 Å². The molecular formula is C43H52N6O7S2. The summed E-state index contributed by atoms with van der Waals surface area (Å²) in [5, 5.41) is 29.4. The van der Waals surface area contributed by atoms with Gasteiger partial charge in [-0.1, -0.05) is 31.0 Å². The Hall–Kier alpha value is -5.02. The van der Waals surface area contributed by atoms with E-state index in [9.17, 15) is 24.3 Å². The normalized spacial score (nSPS) is 20.7. The van der Waals surface area contributed by atoms with Gasteiger partial charge in [-0.25, -0.2) is 9.59 Å². The number of carbonyl (C=O) groups is 4. The summed E-state index contributed by atoms with van der Waals surface area (Å²) in [5.41, 5.74) is 2.88. The number of fused-ring (bicyclic) bond motifs is 7. The van der Waals surface area contributed by atoms with Crippen molar-refractivity contribution in [3.63, 3.8) is 0 Å². The molecule has 15 heteroatoms. The number of hydrogen-bond donors (Lipinski definition) is 7. The number of aromatic hydroxyl groups is 1. The van der Waals surface area contributed by atoms with Crippen LogP contribution in [0.15, 0.2) is 54.6 Å². The highest BCUT2D eigenvalue weighted by atomic mass is 32.2. The highest BCUT2D eigenvalue weighted by Gasteiger charge is 2.53. The maximum Gasteiger partial charge on any atom is 0.340 e. The summed E-state index contributed by atoms with van der Waals surface area (Å²) in [6.07, 6.45) is 9.00. The van der Waals surface area contributed by atoms with Crippen LogP contribution in [0, 0.1) is 6.92 Å². The van der Waals surface area contributed by atoms with E-state index in [-0.39, 0.29) is 35.7 Å². The Morgan fingerprint density at radius 1 is 0.810 bits per heavy atom. The van der Waals surface area contributed by atoms with Crippen molar-refractivity contribution < 1.29 is 33.8 Å². The molecule has 58 heavy (non-hydrogen) atoms. The maximum atomic E-state index is 13.4. The molecule has 2 saturated heterocycles. The average molecular weight is 829 g/mol. The van der Waals surface area contributed by atoms with E-state index in [0.29, 0.717) is 82.3 Å². The van der Waals surface area contributed by atoms with Crippen LogP contribution in [0.4, 0.5) is 10.5 Å². The smallest absolute Gasteiger partial charge is 0.340 e. The van der Waals surface area contributed by atoms with Crippen LogP contribution in [0.25, 0.3) is 0 Å². The Kier molecular flexibility index (Phi) is 13.3. The van der Waals surface area contributed by atoms with E-state index in [1.807, 2.05) is 49.0 Å². The Morgan fingerprint density at radius 2 is 1.47 bits per heavy atom. The Labute approximate surface area is 348 Å². The van der Waals surface area contributed by atoms with Crippen molar-refractivity contribution >= 4 is 58.6 Å². The van der Waals surface area contributed by atoms with Gasteiger partial charge in [0.1, 0.15) is 17.2 Å². The SMILES string of the molecule is Cc1ccc2c(c1)Oc1cc(O)ccc1C21OC(=O)c2cc(NC(=S)NCCCCCNC(=O)CCCCCNC(=O)CCCC[C@@H]3SC[C@@H]4NC(=O)N[C@@H]43)ccc21. The number of phenols is 1. The number of benzene rings is 3. The topological polar surface area (TPSA) is 179 Å². The summed E-state index contributed by atoms with van der Waals surface area (Å²) in [4.78, 5) is 49.4. The number of hydrogen-bond acceptors (Lipinski definition) is 9. The number of amides is 4. The number of aryl methyl sites for hydroxylation is 1. The van der Waals surface area contributed by atoms with Crippen molar-refractivity contribution in [2.75, 3.05) is 30.7 Å². The standard InChI is InChI=1S/C43H52N6O7S2/c1-26-13-16-31-34(22-26)55-35-24-28(50)15-18-32(35)43(31)30-17-14-27(23-29(30)40(53)56-43)47-42(57)46-21-9-3-8-20-45-37(51)11-4-2-7-19-44-38(52)12-6-5-10-36-39-33(25-58-36)48-41(54)49-39/h13-18,22-24,33,36,39,50H,2-12,19-21,25H2,1H3,(H,44,52)(H,45,51)(H2,46,47,57)(H2,48,49,54)/t33-,36-,39-,43?/m0/s1. The van der Waals surface area contributed by atoms with Crippen molar-refractivity contribution in [2.45, 2.75) is 100 Å². The van der Waals surface area contributed by atoms with Crippen LogP contribution >= 0.6 is 24.0 Å². The van der Waals surface area contributed by atoms with Gasteiger partial charge in [0.2, 0.25) is 11.8 Å². The first-order valence-electron chi connectivity index (χ1n) is 20.4. The molecule has 0 aromatic heterocycles. The zero-order valence-electron chi connectivity index (χ0n) is 32.7. The van der Waals surface area contributed by atoms with Crippen molar-refractivity contribution in [1.29, 1.82) is 0 Å². The lowest BCUT2D eigenvalue weighted by molar-refractivity contribution is -0.122. The van der Waals surface area contributed by atoms with Crippen LogP contribution in [0.1, 0.15) is 103 Å². The van der Waals surface area contributed by atoms with Crippen molar-refractivity contribution in [2.24, 2.45) is 0 Å². The first-order valence-corrected chi connectivity index (χ1v) is 21.8. The van der Waals surface area contributed by atoms with Gasteiger partial charge in [0.15, 0.2) is 10.7 Å². The summed E-state index contributed by atoms with van der Waals surface area (Å²) in [6.45, 7) is 3.87. The number of anilines is 1. The molecule has 4 heterocycles. The number of urea groups is 1. The van der Waals surface area contributed by atoms with Crippen LogP contribution in [0.3, 0.4) is 0 Å². The van der Waals surface area contributed by atoms with Gasteiger partial charge in [0.25, 0.3) is 0 Å². The third kappa shape index (κ3) is 9.47. The number of thiocarbonyl (C=S) groups is 1. The minimum absolute atomic E-state index is 0.0519. The van der Waals surface area contributed by atoms with Crippen LogP contribution < -0.4 is 36.6 Å². The molecule has 0 bridgehead atoms. The molecule has 0 saturated carbocycles. The van der Waals surface area contributed by atoms with Crippen LogP contribution in [-0.2, 0) is 19.9 Å². The van der Waals surface area contributed by atoms with E-state index >= 15 is 0 Å². The quantitative estimate of drug-likeness (QED) is 0.0334. The van der Waals surface area contributed by atoms with Gasteiger partial charge in [-0.2, -0.15) is 11.8 Å². The van der Waals surface area contributed by atoms with Gasteiger partial charge in [0, 0.05) is 71.9 Å². The van der Waals surface area contributed by atoms with E-state index in [1.165, 1.54) is 6.07 Å².